The first-order chi connectivity index (χ1) is 21.2. The van der Waals surface area contributed by atoms with Gasteiger partial charge in [0, 0.05) is 17.7 Å². The van der Waals surface area contributed by atoms with Crippen molar-refractivity contribution in [1.29, 1.82) is 0 Å². The van der Waals surface area contributed by atoms with Crippen LogP contribution in [0.4, 0.5) is 0 Å². The number of ether oxygens (including phenoxy) is 1. The van der Waals surface area contributed by atoms with Crippen molar-refractivity contribution in [1.82, 2.24) is 5.32 Å². The maximum atomic E-state index is 13.9. The fourth-order valence-corrected chi connectivity index (χ4v) is 8.10. The smallest absolute Gasteiger partial charge is 0.196 e. The lowest BCUT2D eigenvalue weighted by atomic mass is 9.65. The molecule has 2 aromatic rings. The van der Waals surface area contributed by atoms with E-state index in [9.17, 15) is 14.4 Å². The average molecular weight is 593 g/mol. The van der Waals surface area contributed by atoms with Crippen LogP contribution in [0.2, 0.25) is 0 Å². The van der Waals surface area contributed by atoms with E-state index in [1.807, 2.05) is 6.92 Å². The summed E-state index contributed by atoms with van der Waals surface area (Å²) in [5.41, 5.74) is 10.6. The first-order valence-electron chi connectivity index (χ1n) is 16.4. The SMILES string of the molecule is Cc1ccc(CCNC2=C3C(=O)c4ccccc4C(=O)C3=C(N)C(OC3CCC4CC(CC(C)C)CCC4C3)C2=C=O)cc1. The van der Waals surface area contributed by atoms with Gasteiger partial charge < -0.3 is 15.8 Å². The van der Waals surface area contributed by atoms with Crippen LogP contribution in [0.1, 0.15) is 90.6 Å². The maximum absolute atomic E-state index is 13.9. The minimum Gasteiger partial charge on any atom is -0.399 e. The fraction of sp³-hybridized carbons (Fsp3) is 0.474. The summed E-state index contributed by atoms with van der Waals surface area (Å²) < 4.78 is 6.70. The number of hydrogen-bond acceptors (Lipinski definition) is 6. The Morgan fingerprint density at radius 2 is 1.57 bits per heavy atom. The summed E-state index contributed by atoms with van der Waals surface area (Å²) in [6, 6.07) is 15.1. The van der Waals surface area contributed by atoms with E-state index >= 15 is 0 Å². The van der Waals surface area contributed by atoms with E-state index < -0.39 is 6.10 Å². The van der Waals surface area contributed by atoms with Crippen molar-refractivity contribution in [2.75, 3.05) is 6.54 Å². The van der Waals surface area contributed by atoms with Gasteiger partial charge in [-0.2, -0.15) is 0 Å². The molecule has 3 N–H and O–H groups in total. The predicted molar refractivity (Wildman–Crippen MR) is 172 cm³/mol. The van der Waals surface area contributed by atoms with Crippen LogP contribution in [-0.4, -0.2) is 36.3 Å². The van der Waals surface area contributed by atoms with E-state index in [4.69, 9.17) is 10.5 Å². The summed E-state index contributed by atoms with van der Waals surface area (Å²) in [5, 5.41) is 3.36. The highest BCUT2D eigenvalue weighted by atomic mass is 16.5. The van der Waals surface area contributed by atoms with Crippen molar-refractivity contribution >= 4 is 17.5 Å². The molecule has 0 aliphatic heterocycles. The van der Waals surface area contributed by atoms with Crippen LogP contribution in [0.5, 0.6) is 0 Å². The Morgan fingerprint density at radius 3 is 2.25 bits per heavy atom. The first kappa shape index (κ1) is 30.3. The second-order valence-electron chi connectivity index (χ2n) is 13.7. The number of Topliss-reactive ketones (excluding diaryl/α,β-unsaturated/α-hetero) is 2. The van der Waals surface area contributed by atoms with Gasteiger partial charge in [0.25, 0.3) is 0 Å². The van der Waals surface area contributed by atoms with Gasteiger partial charge in [-0.05, 0) is 81.1 Å². The Bertz CT molecular complexity index is 1560. The molecule has 0 bridgehead atoms. The molecule has 0 heterocycles. The van der Waals surface area contributed by atoms with Crippen LogP contribution in [0.25, 0.3) is 0 Å². The highest BCUT2D eigenvalue weighted by Crippen LogP contribution is 2.46. The summed E-state index contributed by atoms with van der Waals surface area (Å²) in [5.74, 6) is 4.32. The molecule has 230 valence electrons. The van der Waals surface area contributed by atoms with Crippen molar-refractivity contribution in [2.45, 2.75) is 84.3 Å². The van der Waals surface area contributed by atoms with Crippen LogP contribution in [0.3, 0.4) is 0 Å². The Labute approximate surface area is 260 Å². The number of allylic oxidation sites excluding steroid dienone is 2. The molecule has 5 atom stereocenters. The minimum absolute atomic E-state index is 0.0811. The molecule has 5 unspecified atom stereocenters. The van der Waals surface area contributed by atoms with E-state index in [-0.39, 0.29) is 40.1 Å². The minimum atomic E-state index is -0.936. The summed E-state index contributed by atoms with van der Waals surface area (Å²) in [4.78, 5) is 40.5. The van der Waals surface area contributed by atoms with Gasteiger partial charge in [0.15, 0.2) is 11.6 Å². The molecule has 0 amide bonds. The number of hydrogen-bond donors (Lipinski definition) is 2. The molecular formula is C38H44N2O4. The molecule has 6 nitrogen and oxygen atoms in total. The number of nitrogens with one attached hydrogen (secondary N) is 1. The standard InChI is InChI=1S/C38H44N2O4/c1-22(2)18-25-12-13-27-20-28(15-14-26(27)19-25)44-38-31(21-41)35(40-17-16-24-10-8-23(3)9-11-24)33-32(34(38)39)36(42)29-6-4-5-7-30(29)37(33)43/h4-11,22,25-28,38,40H,12-20,39H2,1-3H3. The quantitative estimate of drug-likeness (QED) is 0.342. The second kappa shape index (κ2) is 12.7. The molecular weight excluding hydrogens is 548 g/mol. The molecule has 2 aromatic carbocycles. The Kier molecular flexibility index (Phi) is 8.75. The lowest BCUT2D eigenvalue weighted by Crippen LogP contribution is -2.43. The molecule has 6 rings (SSSR count). The number of rotatable bonds is 8. The lowest BCUT2D eigenvalue weighted by Gasteiger charge is -2.43. The van der Waals surface area contributed by atoms with Gasteiger partial charge >= 0.3 is 0 Å². The monoisotopic (exact) mass is 592 g/mol. The molecule has 2 saturated carbocycles. The van der Waals surface area contributed by atoms with E-state index in [0.29, 0.717) is 35.7 Å². The third-order valence-electron chi connectivity index (χ3n) is 10.2. The number of carbonyl (C=O) groups is 2. The molecule has 4 aliphatic rings. The van der Waals surface area contributed by atoms with Crippen molar-refractivity contribution in [2.24, 2.45) is 29.4 Å². The third-order valence-corrected chi connectivity index (χ3v) is 10.2. The Hall–Kier alpha value is -3.73. The van der Waals surface area contributed by atoms with Crippen molar-refractivity contribution in [3.05, 3.63) is 98.9 Å². The normalized spacial score (nSPS) is 26.7. The van der Waals surface area contributed by atoms with Gasteiger partial charge in [-0.15, -0.1) is 0 Å². The van der Waals surface area contributed by atoms with Crippen LogP contribution in [0.15, 0.2) is 76.6 Å². The molecule has 44 heavy (non-hydrogen) atoms. The first-order valence-corrected chi connectivity index (χ1v) is 16.4. The van der Waals surface area contributed by atoms with Gasteiger partial charge in [0.05, 0.1) is 34.2 Å². The molecule has 4 aliphatic carbocycles. The maximum Gasteiger partial charge on any atom is 0.196 e. The largest absolute Gasteiger partial charge is 0.399 e. The van der Waals surface area contributed by atoms with Crippen molar-refractivity contribution in [3.63, 3.8) is 0 Å². The highest BCUT2D eigenvalue weighted by Gasteiger charge is 2.45. The van der Waals surface area contributed by atoms with Crippen LogP contribution in [-0.2, 0) is 16.0 Å². The van der Waals surface area contributed by atoms with Crippen molar-refractivity contribution < 1.29 is 19.1 Å². The zero-order chi connectivity index (χ0) is 31.0. The summed E-state index contributed by atoms with van der Waals surface area (Å²) >= 11 is 0. The number of aryl methyl sites for hydroxylation is 1. The third kappa shape index (κ3) is 5.86. The van der Waals surface area contributed by atoms with Gasteiger partial charge in [-0.25, -0.2) is 4.79 Å². The number of benzene rings is 2. The van der Waals surface area contributed by atoms with Gasteiger partial charge in [-0.3, -0.25) is 9.59 Å². The van der Waals surface area contributed by atoms with Gasteiger partial charge in [-0.1, -0.05) is 74.4 Å². The summed E-state index contributed by atoms with van der Waals surface area (Å²) in [6.45, 7) is 7.13. The second-order valence-corrected chi connectivity index (χ2v) is 13.7. The molecule has 0 aromatic heterocycles. The average Bonchev–Trinajstić information content (AvgIpc) is 3.02. The van der Waals surface area contributed by atoms with E-state index in [1.54, 1.807) is 24.3 Å². The lowest BCUT2D eigenvalue weighted by molar-refractivity contribution is -0.0371. The predicted octanol–water partition coefficient (Wildman–Crippen LogP) is 6.46. The number of nitrogens with two attached hydrogens (primary N) is 1. The zero-order valence-electron chi connectivity index (χ0n) is 26.2. The van der Waals surface area contributed by atoms with E-state index in [0.717, 1.165) is 42.6 Å². The van der Waals surface area contributed by atoms with Gasteiger partial charge in [0.1, 0.15) is 12.0 Å². The van der Waals surface area contributed by atoms with E-state index in [1.165, 1.54) is 31.2 Å². The van der Waals surface area contributed by atoms with E-state index in [2.05, 4.69) is 49.4 Å². The fourth-order valence-electron chi connectivity index (χ4n) is 8.10. The molecule has 0 saturated heterocycles. The number of fused-ring (bicyclic) bond motifs is 3. The highest BCUT2D eigenvalue weighted by molar-refractivity contribution is 6.32. The molecule has 0 spiro atoms. The summed E-state index contributed by atoms with van der Waals surface area (Å²) in [6.07, 6.45) is 7.63. The van der Waals surface area contributed by atoms with Crippen LogP contribution >= 0.6 is 0 Å². The molecule has 0 radical (unpaired) electrons. The van der Waals surface area contributed by atoms with Gasteiger partial charge in [0.2, 0.25) is 0 Å². The van der Waals surface area contributed by atoms with Crippen LogP contribution < -0.4 is 11.1 Å². The summed E-state index contributed by atoms with van der Waals surface area (Å²) in [7, 11) is 0. The topological polar surface area (TPSA) is 98.5 Å². The zero-order valence-corrected chi connectivity index (χ0v) is 26.2. The van der Waals surface area contributed by atoms with Crippen molar-refractivity contribution in [3.8, 4) is 0 Å². The number of carbonyl (C=O) groups excluding carboxylic acids is 3. The molecule has 2 fully saturated rings. The Balaban J connectivity index is 1.28. The number of ketones is 2. The Morgan fingerprint density at radius 1 is 0.909 bits per heavy atom. The molecule has 6 heteroatoms. The van der Waals surface area contributed by atoms with Crippen LogP contribution in [0, 0.1) is 30.6 Å².